The van der Waals surface area contributed by atoms with Crippen LogP contribution >= 0.6 is 11.6 Å². The summed E-state index contributed by atoms with van der Waals surface area (Å²) in [7, 11) is 0. The highest BCUT2D eigenvalue weighted by molar-refractivity contribution is 6.30. The Labute approximate surface area is 210 Å². The van der Waals surface area contributed by atoms with E-state index in [1.807, 2.05) is 0 Å². The maximum atomic E-state index is 14.2. The second-order valence-electron chi connectivity index (χ2n) is 9.37. The number of alkyl halides is 3. The predicted octanol–water partition coefficient (Wildman–Crippen LogP) is 6.60. The number of phenolic OH excluding ortho intramolecular Hbond substituents is 1. The van der Waals surface area contributed by atoms with Gasteiger partial charge in [0.15, 0.2) is 5.60 Å². The molecule has 1 atom stereocenters. The van der Waals surface area contributed by atoms with Crippen LogP contribution in [-0.4, -0.2) is 38.1 Å². The Morgan fingerprint density at radius 1 is 1.06 bits per heavy atom. The summed E-state index contributed by atoms with van der Waals surface area (Å²) in [5, 5.41) is 24.8. The normalized spacial score (nSPS) is 14.1. The van der Waals surface area contributed by atoms with Gasteiger partial charge in [0, 0.05) is 22.3 Å². The van der Waals surface area contributed by atoms with Crippen LogP contribution in [0.3, 0.4) is 0 Å². The van der Waals surface area contributed by atoms with Crippen molar-refractivity contribution in [2.75, 3.05) is 11.9 Å². The lowest BCUT2D eigenvalue weighted by molar-refractivity contribution is -0.260. The number of hydrogen-bond donors (Lipinski definition) is 3. The number of nitrogens with one attached hydrogen (secondary N) is 1. The number of benzene rings is 2. The monoisotopic (exact) mass is 521 g/mol. The Bertz CT molecular complexity index is 1390. The zero-order valence-corrected chi connectivity index (χ0v) is 20.2. The smallest absolute Gasteiger partial charge is 0.418 e. The van der Waals surface area contributed by atoms with E-state index in [2.05, 4.69) is 10.3 Å². The number of pyridine rings is 1. The molecule has 0 spiro atoms. The first-order chi connectivity index (χ1) is 16.8. The highest BCUT2D eigenvalue weighted by Crippen LogP contribution is 2.44. The van der Waals surface area contributed by atoms with Gasteiger partial charge in [-0.05, 0) is 59.9 Å². The van der Waals surface area contributed by atoms with E-state index in [1.165, 1.54) is 44.3 Å². The fourth-order valence-electron chi connectivity index (χ4n) is 4.47. The van der Waals surface area contributed by atoms with Gasteiger partial charge in [-0.1, -0.05) is 37.6 Å². The Kier molecular flexibility index (Phi) is 6.66. The van der Waals surface area contributed by atoms with Crippen LogP contribution in [-0.2, 0) is 5.41 Å². The molecule has 190 valence electrons. The molecule has 2 heterocycles. The molecule has 0 bridgehead atoms. The summed E-state index contributed by atoms with van der Waals surface area (Å²) in [4.78, 5) is 3.64. The maximum absolute atomic E-state index is 14.2. The Morgan fingerprint density at radius 2 is 1.81 bits per heavy atom. The van der Waals surface area contributed by atoms with Crippen molar-refractivity contribution in [3.63, 3.8) is 0 Å². The molecule has 1 unspecified atom stereocenters. The van der Waals surface area contributed by atoms with E-state index in [9.17, 15) is 27.8 Å². The van der Waals surface area contributed by atoms with Gasteiger partial charge < -0.3 is 20.1 Å². The van der Waals surface area contributed by atoms with Gasteiger partial charge in [0.2, 0.25) is 5.95 Å². The van der Waals surface area contributed by atoms with E-state index in [0.29, 0.717) is 22.3 Å². The van der Waals surface area contributed by atoms with Crippen LogP contribution in [0.4, 0.5) is 23.2 Å². The summed E-state index contributed by atoms with van der Waals surface area (Å²) in [6.45, 7) is 2.21. The molecule has 0 saturated heterocycles. The summed E-state index contributed by atoms with van der Waals surface area (Å²) in [5.74, 6) is -0.870. The minimum atomic E-state index is -4.96. The molecule has 3 N–H and O–H groups in total. The van der Waals surface area contributed by atoms with E-state index in [4.69, 9.17) is 11.6 Å². The van der Waals surface area contributed by atoms with Gasteiger partial charge in [-0.25, -0.2) is 4.98 Å². The van der Waals surface area contributed by atoms with E-state index in [1.54, 1.807) is 41.1 Å². The number of halogens is 5. The summed E-state index contributed by atoms with van der Waals surface area (Å²) in [5.41, 5.74) is -2.49. The quantitative estimate of drug-likeness (QED) is 0.189. The van der Waals surface area contributed by atoms with Crippen molar-refractivity contribution in [1.29, 1.82) is 0 Å². The SMILES string of the molecule is CC(C)(CC(O)(CNc1cccc2c1ccn2-c1ccc(F)nc1)C(F)(F)F)c1ccc(Cl)cc1O. The van der Waals surface area contributed by atoms with Crippen molar-refractivity contribution in [3.8, 4) is 11.4 Å². The Balaban J connectivity index is 1.63. The van der Waals surface area contributed by atoms with Crippen LogP contribution in [0.15, 0.2) is 67.0 Å². The van der Waals surface area contributed by atoms with Crippen LogP contribution in [0.2, 0.25) is 5.02 Å². The van der Waals surface area contributed by atoms with E-state index < -0.39 is 36.1 Å². The first kappa shape index (κ1) is 25.8. The Morgan fingerprint density at radius 3 is 2.44 bits per heavy atom. The molecule has 0 aliphatic rings. The van der Waals surface area contributed by atoms with Crippen molar-refractivity contribution in [1.82, 2.24) is 9.55 Å². The van der Waals surface area contributed by atoms with Gasteiger partial charge in [-0.2, -0.15) is 17.6 Å². The molecule has 0 aliphatic heterocycles. The number of hydrogen-bond acceptors (Lipinski definition) is 4. The third-order valence-electron chi connectivity index (χ3n) is 6.25. The molecule has 4 aromatic rings. The number of phenols is 1. The molecule has 0 aliphatic carbocycles. The second-order valence-corrected chi connectivity index (χ2v) is 9.80. The number of aromatic nitrogens is 2. The van der Waals surface area contributed by atoms with Gasteiger partial charge in [0.25, 0.3) is 0 Å². The standard InChI is InChI=1S/C26H24ClF4N3O2/c1-24(2,19-8-6-16(27)12-22(19)35)14-25(36,26(29,30)31)15-33-20-4-3-5-21-18(20)10-11-34(21)17-7-9-23(28)32-13-17/h3-13,33,35-36H,14-15H2,1-2H3. The molecule has 0 amide bonds. The number of anilines is 1. The fraction of sp³-hybridized carbons (Fsp3) is 0.269. The van der Waals surface area contributed by atoms with Crippen LogP contribution in [0.1, 0.15) is 25.8 Å². The van der Waals surface area contributed by atoms with Crippen LogP contribution < -0.4 is 5.32 Å². The predicted molar refractivity (Wildman–Crippen MR) is 131 cm³/mol. The second kappa shape index (κ2) is 9.29. The first-order valence-electron chi connectivity index (χ1n) is 11.0. The molecule has 5 nitrogen and oxygen atoms in total. The van der Waals surface area contributed by atoms with Crippen molar-refractivity contribution in [3.05, 3.63) is 83.5 Å². The van der Waals surface area contributed by atoms with E-state index in [-0.39, 0.29) is 16.3 Å². The molecular weight excluding hydrogens is 498 g/mol. The third kappa shape index (κ3) is 4.99. The first-order valence-corrected chi connectivity index (χ1v) is 11.4. The van der Waals surface area contributed by atoms with Crippen LogP contribution in [0.25, 0.3) is 16.6 Å². The molecule has 2 aromatic carbocycles. The van der Waals surface area contributed by atoms with Gasteiger partial charge >= 0.3 is 6.18 Å². The highest BCUT2D eigenvalue weighted by Gasteiger charge is 2.56. The molecule has 10 heteroatoms. The molecule has 36 heavy (non-hydrogen) atoms. The topological polar surface area (TPSA) is 70.3 Å². The van der Waals surface area contributed by atoms with E-state index in [0.717, 1.165) is 0 Å². The minimum Gasteiger partial charge on any atom is -0.508 e. The maximum Gasteiger partial charge on any atom is 0.418 e. The van der Waals surface area contributed by atoms with Crippen LogP contribution in [0, 0.1) is 5.95 Å². The minimum absolute atomic E-state index is 0.238. The number of aliphatic hydroxyl groups is 1. The summed E-state index contributed by atoms with van der Waals surface area (Å²) in [6.07, 6.45) is -2.62. The average molecular weight is 522 g/mol. The molecule has 0 saturated carbocycles. The van der Waals surface area contributed by atoms with Crippen molar-refractivity contribution in [2.45, 2.75) is 37.5 Å². The fourth-order valence-corrected chi connectivity index (χ4v) is 4.63. The van der Waals surface area contributed by atoms with Crippen molar-refractivity contribution >= 4 is 28.2 Å². The number of nitrogens with zero attached hydrogens (tertiary/aromatic N) is 2. The lowest BCUT2D eigenvalue weighted by Gasteiger charge is -2.38. The highest BCUT2D eigenvalue weighted by atomic mass is 35.5. The third-order valence-corrected chi connectivity index (χ3v) is 6.48. The zero-order valence-electron chi connectivity index (χ0n) is 19.4. The molecule has 2 aromatic heterocycles. The number of rotatable bonds is 7. The molecule has 4 rings (SSSR count). The van der Waals surface area contributed by atoms with Crippen LogP contribution in [0.5, 0.6) is 5.75 Å². The van der Waals surface area contributed by atoms with Crippen molar-refractivity contribution in [2.24, 2.45) is 0 Å². The average Bonchev–Trinajstić information content (AvgIpc) is 3.21. The lowest BCUT2D eigenvalue weighted by atomic mass is 9.74. The zero-order chi connectivity index (χ0) is 26.3. The summed E-state index contributed by atoms with van der Waals surface area (Å²) >= 11 is 5.86. The molecule has 0 radical (unpaired) electrons. The molecule has 0 fully saturated rings. The summed E-state index contributed by atoms with van der Waals surface area (Å²) < 4.78 is 57.5. The van der Waals surface area contributed by atoms with Gasteiger partial charge in [0.05, 0.1) is 23.9 Å². The van der Waals surface area contributed by atoms with Gasteiger partial charge in [0.1, 0.15) is 5.75 Å². The lowest BCUT2D eigenvalue weighted by Crippen LogP contribution is -2.53. The number of fused-ring (bicyclic) bond motifs is 1. The summed E-state index contributed by atoms with van der Waals surface area (Å²) in [6, 6.07) is 13.7. The van der Waals surface area contributed by atoms with E-state index >= 15 is 0 Å². The van der Waals surface area contributed by atoms with Gasteiger partial charge in [-0.15, -0.1) is 0 Å². The molecular formula is C26H24ClF4N3O2. The Hall–Kier alpha value is -3.30. The van der Waals surface area contributed by atoms with Crippen molar-refractivity contribution < 1.29 is 27.8 Å². The van der Waals surface area contributed by atoms with Gasteiger partial charge in [-0.3, -0.25) is 0 Å². The largest absolute Gasteiger partial charge is 0.508 e. The number of aromatic hydroxyl groups is 1.